The molecule has 1 N–H and O–H groups in total. The van der Waals surface area contributed by atoms with Gasteiger partial charge in [-0.25, -0.2) is 4.68 Å². The minimum Gasteiger partial charge on any atom is -0.493 e. The minimum atomic E-state index is 0.704. The van der Waals surface area contributed by atoms with E-state index < -0.39 is 0 Å². The molecular weight excluding hydrogens is 266 g/mol. The summed E-state index contributed by atoms with van der Waals surface area (Å²) in [6.07, 6.45) is 3.04. The molecule has 1 aromatic carbocycles. The highest BCUT2D eigenvalue weighted by molar-refractivity contribution is 5.49. The van der Waals surface area contributed by atoms with Gasteiger partial charge in [-0.2, -0.15) is 5.10 Å². The standard InChI is InChI=1S/C16H23N3O2/c1-5-8-17-10-13-11-18-19(12(13)2)14-6-7-15(20-3)16(9-14)21-4/h6-7,9,11,17H,5,8,10H2,1-4H3. The van der Waals surface area contributed by atoms with Crippen LogP contribution in [0, 0.1) is 6.92 Å². The Morgan fingerprint density at radius 2 is 1.95 bits per heavy atom. The van der Waals surface area contributed by atoms with Crippen molar-refractivity contribution in [2.45, 2.75) is 26.8 Å². The minimum absolute atomic E-state index is 0.704. The Balaban J connectivity index is 2.26. The molecule has 114 valence electrons. The van der Waals surface area contributed by atoms with Crippen LogP contribution in [0.4, 0.5) is 0 Å². The second kappa shape index (κ2) is 7.13. The van der Waals surface area contributed by atoms with Crippen LogP contribution in [-0.4, -0.2) is 30.5 Å². The molecule has 0 fully saturated rings. The molecule has 0 aliphatic carbocycles. The zero-order valence-corrected chi connectivity index (χ0v) is 13.1. The van der Waals surface area contributed by atoms with E-state index in [0.717, 1.165) is 36.6 Å². The van der Waals surface area contributed by atoms with Gasteiger partial charge in [0, 0.05) is 23.9 Å². The second-order valence-corrected chi connectivity index (χ2v) is 4.88. The third-order valence-corrected chi connectivity index (χ3v) is 3.47. The largest absolute Gasteiger partial charge is 0.493 e. The van der Waals surface area contributed by atoms with Crippen LogP contribution < -0.4 is 14.8 Å². The number of aromatic nitrogens is 2. The SMILES string of the molecule is CCCNCc1cnn(-c2ccc(OC)c(OC)c2)c1C. The Bertz CT molecular complexity index is 593. The molecule has 0 amide bonds. The Kier molecular flexibility index (Phi) is 5.22. The van der Waals surface area contributed by atoms with Gasteiger partial charge in [-0.3, -0.25) is 0 Å². The van der Waals surface area contributed by atoms with E-state index in [1.807, 2.05) is 29.1 Å². The average molecular weight is 289 g/mol. The molecule has 0 saturated carbocycles. The maximum Gasteiger partial charge on any atom is 0.162 e. The van der Waals surface area contributed by atoms with Crippen molar-refractivity contribution >= 4 is 0 Å². The Morgan fingerprint density at radius 3 is 2.62 bits per heavy atom. The van der Waals surface area contributed by atoms with Crippen molar-refractivity contribution in [2.75, 3.05) is 20.8 Å². The molecule has 2 aromatic rings. The highest BCUT2D eigenvalue weighted by Crippen LogP contribution is 2.29. The predicted octanol–water partition coefficient (Wildman–Crippen LogP) is 2.70. The summed E-state index contributed by atoms with van der Waals surface area (Å²) in [6.45, 7) is 6.09. The third kappa shape index (κ3) is 3.36. The molecule has 1 heterocycles. The molecule has 5 heteroatoms. The van der Waals surface area contributed by atoms with Crippen molar-refractivity contribution in [1.82, 2.24) is 15.1 Å². The van der Waals surface area contributed by atoms with Gasteiger partial charge in [-0.1, -0.05) is 6.92 Å². The molecule has 0 atom stereocenters. The zero-order valence-electron chi connectivity index (χ0n) is 13.1. The van der Waals surface area contributed by atoms with Gasteiger partial charge < -0.3 is 14.8 Å². The van der Waals surface area contributed by atoms with Gasteiger partial charge in [-0.05, 0) is 32.0 Å². The van der Waals surface area contributed by atoms with Crippen LogP contribution in [0.5, 0.6) is 11.5 Å². The van der Waals surface area contributed by atoms with Gasteiger partial charge in [-0.15, -0.1) is 0 Å². The highest BCUT2D eigenvalue weighted by atomic mass is 16.5. The van der Waals surface area contributed by atoms with Gasteiger partial charge >= 0.3 is 0 Å². The van der Waals surface area contributed by atoms with E-state index in [2.05, 4.69) is 24.3 Å². The first-order valence-electron chi connectivity index (χ1n) is 7.17. The fourth-order valence-corrected chi connectivity index (χ4v) is 2.23. The van der Waals surface area contributed by atoms with Gasteiger partial charge in [0.2, 0.25) is 0 Å². The van der Waals surface area contributed by atoms with Crippen molar-refractivity contribution in [3.05, 3.63) is 35.7 Å². The first-order chi connectivity index (χ1) is 10.2. The number of nitrogens with one attached hydrogen (secondary N) is 1. The van der Waals surface area contributed by atoms with Crippen LogP contribution in [0.25, 0.3) is 5.69 Å². The summed E-state index contributed by atoms with van der Waals surface area (Å²) in [5, 5.41) is 7.88. The molecule has 0 radical (unpaired) electrons. The van der Waals surface area contributed by atoms with Crippen LogP contribution in [0.15, 0.2) is 24.4 Å². The fourth-order valence-electron chi connectivity index (χ4n) is 2.23. The summed E-state index contributed by atoms with van der Waals surface area (Å²) in [5.74, 6) is 1.42. The summed E-state index contributed by atoms with van der Waals surface area (Å²) in [6, 6.07) is 5.80. The van der Waals surface area contributed by atoms with Crippen molar-refractivity contribution in [2.24, 2.45) is 0 Å². The van der Waals surface area contributed by atoms with Crippen molar-refractivity contribution < 1.29 is 9.47 Å². The molecule has 21 heavy (non-hydrogen) atoms. The average Bonchev–Trinajstić information content (AvgIpc) is 2.88. The first-order valence-corrected chi connectivity index (χ1v) is 7.17. The summed E-state index contributed by atoms with van der Waals surface area (Å²) in [4.78, 5) is 0. The van der Waals surface area contributed by atoms with E-state index in [0.29, 0.717) is 5.75 Å². The molecule has 1 aromatic heterocycles. The van der Waals surface area contributed by atoms with E-state index in [1.54, 1.807) is 14.2 Å². The van der Waals surface area contributed by atoms with E-state index in [4.69, 9.17) is 9.47 Å². The topological polar surface area (TPSA) is 48.3 Å². The third-order valence-electron chi connectivity index (χ3n) is 3.47. The lowest BCUT2D eigenvalue weighted by molar-refractivity contribution is 0.354. The summed E-state index contributed by atoms with van der Waals surface area (Å²) < 4.78 is 12.5. The molecule has 0 aliphatic rings. The molecular formula is C16H23N3O2. The number of rotatable bonds is 7. The van der Waals surface area contributed by atoms with Gasteiger partial charge in [0.1, 0.15) is 0 Å². The molecule has 0 unspecified atom stereocenters. The van der Waals surface area contributed by atoms with E-state index in [-0.39, 0.29) is 0 Å². The molecule has 0 saturated heterocycles. The zero-order chi connectivity index (χ0) is 15.2. The molecule has 0 spiro atoms. The molecule has 2 rings (SSSR count). The predicted molar refractivity (Wildman–Crippen MR) is 83.4 cm³/mol. The first kappa shape index (κ1) is 15.4. The van der Waals surface area contributed by atoms with Gasteiger partial charge in [0.25, 0.3) is 0 Å². The number of ether oxygens (including phenoxy) is 2. The number of hydrogen-bond acceptors (Lipinski definition) is 4. The normalized spacial score (nSPS) is 10.7. The maximum atomic E-state index is 5.35. The van der Waals surface area contributed by atoms with Gasteiger partial charge in [0.15, 0.2) is 11.5 Å². The molecule has 0 bridgehead atoms. The van der Waals surface area contributed by atoms with Crippen molar-refractivity contribution in [3.8, 4) is 17.2 Å². The van der Waals surface area contributed by atoms with Crippen molar-refractivity contribution in [3.63, 3.8) is 0 Å². The van der Waals surface area contributed by atoms with E-state index in [9.17, 15) is 0 Å². The quantitative estimate of drug-likeness (QED) is 0.796. The molecule has 0 aliphatic heterocycles. The van der Waals surface area contributed by atoms with Crippen LogP contribution in [0.2, 0.25) is 0 Å². The van der Waals surface area contributed by atoms with E-state index in [1.165, 1.54) is 5.56 Å². The Labute approximate surface area is 125 Å². The summed E-state index contributed by atoms with van der Waals surface area (Å²) in [5.41, 5.74) is 3.30. The van der Waals surface area contributed by atoms with Gasteiger partial charge in [0.05, 0.1) is 26.1 Å². The van der Waals surface area contributed by atoms with E-state index >= 15 is 0 Å². The number of hydrogen-bond donors (Lipinski definition) is 1. The summed E-state index contributed by atoms with van der Waals surface area (Å²) in [7, 11) is 3.27. The lowest BCUT2D eigenvalue weighted by Gasteiger charge is -2.11. The molecule has 5 nitrogen and oxygen atoms in total. The monoisotopic (exact) mass is 289 g/mol. The smallest absolute Gasteiger partial charge is 0.162 e. The second-order valence-electron chi connectivity index (χ2n) is 4.88. The summed E-state index contributed by atoms with van der Waals surface area (Å²) >= 11 is 0. The maximum absolute atomic E-state index is 5.35. The van der Waals surface area contributed by atoms with Crippen LogP contribution in [-0.2, 0) is 6.54 Å². The number of benzene rings is 1. The van der Waals surface area contributed by atoms with Crippen LogP contribution in [0.3, 0.4) is 0 Å². The lowest BCUT2D eigenvalue weighted by Crippen LogP contribution is -2.14. The highest BCUT2D eigenvalue weighted by Gasteiger charge is 2.10. The Hall–Kier alpha value is -2.01. The lowest BCUT2D eigenvalue weighted by atomic mass is 10.2. The fraction of sp³-hybridized carbons (Fsp3) is 0.438. The number of nitrogens with zero attached hydrogens (tertiary/aromatic N) is 2. The number of methoxy groups -OCH3 is 2. The van der Waals surface area contributed by atoms with Crippen LogP contribution >= 0.6 is 0 Å². The van der Waals surface area contributed by atoms with Crippen LogP contribution in [0.1, 0.15) is 24.6 Å². The van der Waals surface area contributed by atoms with Crippen molar-refractivity contribution in [1.29, 1.82) is 0 Å². The Morgan fingerprint density at radius 1 is 1.19 bits per heavy atom.